The molecule has 0 atom stereocenters. The second-order valence-corrected chi connectivity index (χ2v) is 2.50. The molecule has 1 aromatic carbocycles. The first kappa shape index (κ1) is 12.0. The Labute approximate surface area is 81.9 Å². The quantitative estimate of drug-likeness (QED) is 0.593. The van der Waals surface area contributed by atoms with Gasteiger partial charge in [0, 0.05) is 9.90 Å². The zero-order valence-electron chi connectivity index (χ0n) is 7.53. The fourth-order valence-electron chi connectivity index (χ4n) is 1.02. The highest BCUT2D eigenvalue weighted by Crippen LogP contribution is 2.26. The fourth-order valence-corrected chi connectivity index (χ4v) is 1.02. The van der Waals surface area contributed by atoms with E-state index in [9.17, 15) is 5.11 Å². The van der Waals surface area contributed by atoms with Crippen LogP contribution in [0.15, 0.2) is 30.9 Å². The SMILES string of the molecule is C=CCc1ccc(O)c(OC)c1.[P]. The Bertz CT molecular complexity index is 284. The largest absolute Gasteiger partial charge is 0.504 e. The van der Waals surface area contributed by atoms with E-state index in [0.717, 1.165) is 12.0 Å². The fraction of sp³-hybridized carbons (Fsp3) is 0.200. The average Bonchev–Trinajstić information content (AvgIpc) is 2.09. The number of rotatable bonds is 3. The summed E-state index contributed by atoms with van der Waals surface area (Å²) in [6, 6.07) is 5.27. The van der Waals surface area contributed by atoms with Gasteiger partial charge in [0.15, 0.2) is 11.5 Å². The maximum absolute atomic E-state index is 9.25. The molecule has 3 heteroatoms. The molecule has 0 aromatic heterocycles. The van der Waals surface area contributed by atoms with Crippen LogP contribution in [0, 0.1) is 0 Å². The third-order valence-electron chi connectivity index (χ3n) is 1.62. The molecule has 0 aliphatic heterocycles. The number of hydrogen-bond acceptors (Lipinski definition) is 2. The minimum atomic E-state index is 0. The summed E-state index contributed by atoms with van der Waals surface area (Å²) in [6.07, 6.45) is 2.60. The summed E-state index contributed by atoms with van der Waals surface area (Å²) in [5.41, 5.74) is 1.08. The lowest BCUT2D eigenvalue weighted by molar-refractivity contribution is 0.373. The molecule has 13 heavy (non-hydrogen) atoms. The highest BCUT2D eigenvalue weighted by molar-refractivity contribution is 6.92. The number of phenolic OH excluding ortho intramolecular Hbond substituents is 1. The van der Waals surface area contributed by atoms with E-state index in [-0.39, 0.29) is 15.6 Å². The van der Waals surface area contributed by atoms with Crippen LogP contribution in [0.3, 0.4) is 0 Å². The normalized spacial score (nSPS) is 8.69. The maximum atomic E-state index is 9.25. The van der Waals surface area contributed by atoms with Crippen LogP contribution in [0.2, 0.25) is 0 Å². The Morgan fingerprint density at radius 2 is 2.23 bits per heavy atom. The second kappa shape index (κ2) is 5.60. The number of benzene rings is 1. The van der Waals surface area contributed by atoms with Crippen LogP contribution in [0.5, 0.6) is 11.5 Å². The van der Waals surface area contributed by atoms with Crippen LogP contribution >= 0.6 is 9.90 Å². The molecule has 0 spiro atoms. The maximum Gasteiger partial charge on any atom is 0.160 e. The lowest BCUT2D eigenvalue weighted by atomic mass is 10.1. The Hall–Kier alpha value is -1.01. The summed E-state index contributed by atoms with van der Waals surface area (Å²) < 4.78 is 4.95. The number of ether oxygens (including phenoxy) is 1. The Kier molecular flexibility index (Phi) is 5.17. The molecule has 3 radical (unpaired) electrons. The van der Waals surface area contributed by atoms with Gasteiger partial charge in [-0.3, -0.25) is 0 Å². The van der Waals surface area contributed by atoms with E-state index in [4.69, 9.17) is 4.74 Å². The van der Waals surface area contributed by atoms with Crippen molar-refractivity contribution in [1.82, 2.24) is 0 Å². The minimum absolute atomic E-state index is 0. The van der Waals surface area contributed by atoms with Crippen molar-refractivity contribution in [3.05, 3.63) is 36.4 Å². The standard InChI is InChI=1S/C10H12O2.P/c1-3-4-8-5-6-9(11)10(7-8)12-2;/h3,5-7,11H,1,4H2,2H3;. The molecule has 69 valence electrons. The number of allylic oxidation sites excluding steroid dienone is 1. The smallest absolute Gasteiger partial charge is 0.160 e. The summed E-state index contributed by atoms with van der Waals surface area (Å²) in [5.74, 6) is 0.680. The van der Waals surface area contributed by atoms with Gasteiger partial charge in [0.1, 0.15) is 0 Å². The van der Waals surface area contributed by atoms with Crippen molar-refractivity contribution in [3.8, 4) is 11.5 Å². The number of phenols is 1. The van der Waals surface area contributed by atoms with Gasteiger partial charge in [0.25, 0.3) is 0 Å². The van der Waals surface area contributed by atoms with Crippen LogP contribution in [-0.2, 0) is 6.42 Å². The summed E-state index contributed by atoms with van der Waals surface area (Å²) in [4.78, 5) is 0. The summed E-state index contributed by atoms with van der Waals surface area (Å²) in [7, 11) is 1.53. The van der Waals surface area contributed by atoms with Crippen molar-refractivity contribution in [2.24, 2.45) is 0 Å². The molecule has 0 saturated carbocycles. The lowest BCUT2D eigenvalue weighted by Crippen LogP contribution is -1.86. The van der Waals surface area contributed by atoms with E-state index >= 15 is 0 Å². The second-order valence-electron chi connectivity index (χ2n) is 2.50. The number of aromatic hydroxyl groups is 1. The molecule has 0 aliphatic rings. The molecule has 0 amide bonds. The van der Waals surface area contributed by atoms with E-state index in [1.807, 2.05) is 12.1 Å². The molecule has 0 bridgehead atoms. The zero-order chi connectivity index (χ0) is 8.97. The minimum Gasteiger partial charge on any atom is -0.504 e. The monoisotopic (exact) mass is 195 g/mol. The third-order valence-corrected chi connectivity index (χ3v) is 1.62. The van der Waals surface area contributed by atoms with Gasteiger partial charge in [-0.05, 0) is 24.1 Å². The summed E-state index contributed by atoms with van der Waals surface area (Å²) in [5, 5.41) is 9.25. The lowest BCUT2D eigenvalue weighted by Gasteiger charge is -2.04. The third kappa shape index (κ3) is 3.08. The molecule has 1 N–H and O–H groups in total. The van der Waals surface area contributed by atoms with Crippen molar-refractivity contribution in [2.45, 2.75) is 6.42 Å². The van der Waals surface area contributed by atoms with Crippen LogP contribution < -0.4 is 4.74 Å². The van der Waals surface area contributed by atoms with Gasteiger partial charge in [-0.1, -0.05) is 12.1 Å². The van der Waals surface area contributed by atoms with Gasteiger partial charge in [-0.15, -0.1) is 6.58 Å². The van der Waals surface area contributed by atoms with E-state index in [1.165, 1.54) is 7.11 Å². The first-order valence-electron chi connectivity index (χ1n) is 3.74. The average molecular weight is 195 g/mol. The van der Waals surface area contributed by atoms with Crippen molar-refractivity contribution in [3.63, 3.8) is 0 Å². The van der Waals surface area contributed by atoms with Gasteiger partial charge in [0.2, 0.25) is 0 Å². The van der Waals surface area contributed by atoms with Crippen molar-refractivity contribution >= 4 is 9.90 Å². The predicted octanol–water partition coefficient (Wildman–Crippen LogP) is 2.99. The highest BCUT2D eigenvalue weighted by Gasteiger charge is 2.00. The van der Waals surface area contributed by atoms with E-state index in [2.05, 4.69) is 6.58 Å². The molecule has 2 nitrogen and oxygen atoms in total. The molecule has 0 saturated heterocycles. The van der Waals surface area contributed by atoms with Gasteiger partial charge >= 0.3 is 0 Å². The summed E-state index contributed by atoms with van der Waals surface area (Å²) in [6.45, 7) is 3.63. The Morgan fingerprint density at radius 1 is 1.54 bits per heavy atom. The number of methoxy groups -OCH3 is 1. The Balaban J connectivity index is 0.00000144. The topological polar surface area (TPSA) is 29.5 Å². The highest BCUT2D eigenvalue weighted by atomic mass is 31.0. The molecule has 0 aliphatic carbocycles. The predicted molar refractivity (Wildman–Crippen MR) is 55.5 cm³/mol. The van der Waals surface area contributed by atoms with Crippen LogP contribution in [0.1, 0.15) is 5.56 Å². The van der Waals surface area contributed by atoms with Gasteiger partial charge < -0.3 is 9.84 Å². The first-order chi connectivity index (χ1) is 5.77. The number of hydrogen-bond donors (Lipinski definition) is 1. The van der Waals surface area contributed by atoms with Crippen molar-refractivity contribution in [2.75, 3.05) is 7.11 Å². The molecule has 0 heterocycles. The van der Waals surface area contributed by atoms with Crippen molar-refractivity contribution in [1.29, 1.82) is 0 Å². The molecule has 0 unspecified atom stereocenters. The van der Waals surface area contributed by atoms with Crippen molar-refractivity contribution < 1.29 is 9.84 Å². The van der Waals surface area contributed by atoms with E-state index in [1.54, 1.807) is 12.1 Å². The molecular weight excluding hydrogens is 183 g/mol. The van der Waals surface area contributed by atoms with Crippen LogP contribution in [0.4, 0.5) is 0 Å². The first-order valence-corrected chi connectivity index (χ1v) is 3.74. The Morgan fingerprint density at radius 3 is 2.77 bits per heavy atom. The van der Waals surface area contributed by atoms with Crippen LogP contribution in [-0.4, -0.2) is 12.2 Å². The van der Waals surface area contributed by atoms with E-state index in [0.29, 0.717) is 5.75 Å². The van der Waals surface area contributed by atoms with Gasteiger partial charge in [-0.2, -0.15) is 0 Å². The van der Waals surface area contributed by atoms with Gasteiger partial charge in [0.05, 0.1) is 7.11 Å². The van der Waals surface area contributed by atoms with E-state index < -0.39 is 0 Å². The zero-order valence-corrected chi connectivity index (χ0v) is 8.42. The molecular formula is C10H12O2P. The van der Waals surface area contributed by atoms with Gasteiger partial charge in [-0.25, -0.2) is 0 Å². The van der Waals surface area contributed by atoms with Crippen LogP contribution in [0.25, 0.3) is 0 Å². The summed E-state index contributed by atoms with van der Waals surface area (Å²) >= 11 is 0. The molecule has 0 fully saturated rings. The molecule has 1 rings (SSSR count). The molecule has 1 aromatic rings.